The minimum atomic E-state index is -3.42. The molecule has 0 radical (unpaired) electrons. The van der Waals surface area contributed by atoms with Crippen molar-refractivity contribution >= 4 is 33.2 Å². The molecule has 0 atom stereocenters. The lowest BCUT2D eigenvalue weighted by atomic mass is 10.2. The average molecular weight is 395 g/mol. The number of methoxy groups -OCH3 is 3. The second-order valence-corrected chi connectivity index (χ2v) is 7.53. The Morgan fingerprint density at radius 3 is 2.32 bits per heavy atom. The van der Waals surface area contributed by atoms with E-state index in [0.717, 1.165) is 6.26 Å². The largest absolute Gasteiger partial charge is 0.495 e. The first-order valence-electron chi connectivity index (χ1n) is 7.38. The first-order valence-corrected chi connectivity index (χ1v) is 9.61. The molecule has 0 unspecified atom stereocenters. The second kappa shape index (κ2) is 9.81. The van der Waals surface area contributed by atoms with Gasteiger partial charge in [-0.25, -0.2) is 8.42 Å². The fraction of sp³-hybridized carbons (Fsp3) is 0.533. The van der Waals surface area contributed by atoms with Gasteiger partial charge in [-0.2, -0.15) is 4.31 Å². The van der Waals surface area contributed by atoms with Crippen LogP contribution in [0, 0.1) is 0 Å². The molecule has 1 rings (SSSR count). The molecule has 1 aromatic carbocycles. The number of halogens is 1. The number of hydrogen-bond acceptors (Lipinski definition) is 6. The maximum Gasteiger partial charge on any atom is 0.225 e. The molecule has 142 valence electrons. The molecule has 0 saturated carbocycles. The van der Waals surface area contributed by atoms with Crippen LogP contribution in [0.5, 0.6) is 11.5 Å². The maximum atomic E-state index is 12.2. The summed E-state index contributed by atoms with van der Waals surface area (Å²) in [6, 6.07) is 3.07. The number of carbonyl (C=O) groups excluding carboxylic acids is 1. The Balaban J connectivity index is 2.79. The Kier molecular flexibility index (Phi) is 8.43. The molecule has 0 saturated heterocycles. The monoisotopic (exact) mass is 394 g/mol. The highest BCUT2D eigenvalue weighted by molar-refractivity contribution is 7.88. The minimum absolute atomic E-state index is 0.0229. The van der Waals surface area contributed by atoms with E-state index in [-0.39, 0.29) is 32.0 Å². The van der Waals surface area contributed by atoms with Gasteiger partial charge in [0.05, 0.1) is 37.8 Å². The van der Waals surface area contributed by atoms with E-state index in [1.807, 2.05) is 0 Å². The Hall–Kier alpha value is -1.55. The summed E-state index contributed by atoms with van der Waals surface area (Å²) in [5.41, 5.74) is 0.386. The van der Waals surface area contributed by atoms with Crippen LogP contribution in [0.4, 0.5) is 5.69 Å². The van der Waals surface area contributed by atoms with E-state index in [9.17, 15) is 13.2 Å². The van der Waals surface area contributed by atoms with Crippen molar-refractivity contribution in [3.05, 3.63) is 17.2 Å². The molecule has 1 aromatic rings. The molecule has 1 amide bonds. The van der Waals surface area contributed by atoms with Gasteiger partial charge in [0.1, 0.15) is 11.5 Å². The van der Waals surface area contributed by atoms with Crippen molar-refractivity contribution in [2.24, 2.45) is 0 Å². The van der Waals surface area contributed by atoms with Crippen molar-refractivity contribution in [1.82, 2.24) is 4.31 Å². The topological polar surface area (TPSA) is 94.2 Å². The Morgan fingerprint density at radius 1 is 1.16 bits per heavy atom. The van der Waals surface area contributed by atoms with Gasteiger partial charge in [-0.3, -0.25) is 4.79 Å². The maximum absolute atomic E-state index is 12.2. The van der Waals surface area contributed by atoms with Crippen molar-refractivity contribution in [1.29, 1.82) is 0 Å². The molecule has 0 spiro atoms. The summed E-state index contributed by atoms with van der Waals surface area (Å²) in [6.45, 7) is 0.471. The van der Waals surface area contributed by atoms with E-state index < -0.39 is 10.0 Å². The lowest BCUT2D eigenvalue weighted by Crippen LogP contribution is -2.35. The van der Waals surface area contributed by atoms with E-state index in [2.05, 4.69) is 5.32 Å². The number of nitrogens with zero attached hydrogens (tertiary/aromatic N) is 1. The summed E-state index contributed by atoms with van der Waals surface area (Å²) in [5.74, 6) is 0.392. The normalized spacial score (nSPS) is 11.4. The zero-order valence-corrected chi connectivity index (χ0v) is 16.2. The van der Waals surface area contributed by atoms with Gasteiger partial charge < -0.3 is 19.5 Å². The van der Waals surface area contributed by atoms with E-state index >= 15 is 0 Å². The number of sulfonamides is 1. The van der Waals surface area contributed by atoms with Crippen LogP contribution in [0.3, 0.4) is 0 Å². The van der Waals surface area contributed by atoms with Gasteiger partial charge >= 0.3 is 0 Å². The fourth-order valence-corrected chi connectivity index (χ4v) is 3.09. The predicted octanol–water partition coefficient (Wildman–Crippen LogP) is 1.59. The molecule has 0 aliphatic carbocycles. The van der Waals surface area contributed by atoms with Gasteiger partial charge in [-0.05, 0) is 0 Å². The second-order valence-electron chi connectivity index (χ2n) is 5.14. The molecule has 0 aliphatic heterocycles. The molecular formula is C15H23ClN2O6S. The van der Waals surface area contributed by atoms with Gasteiger partial charge in [0.2, 0.25) is 15.9 Å². The molecular weight excluding hydrogens is 372 g/mol. The molecule has 0 aromatic heterocycles. The molecule has 1 N–H and O–H groups in total. The zero-order chi connectivity index (χ0) is 19.0. The zero-order valence-electron chi connectivity index (χ0n) is 14.7. The number of ether oxygens (including phenoxy) is 3. The van der Waals surface area contributed by atoms with Crippen molar-refractivity contribution in [3.8, 4) is 11.5 Å². The van der Waals surface area contributed by atoms with Crippen molar-refractivity contribution in [2.45, 2.75) is 6.42 Å². The van der Waals surface area contributed by atoms with Crippen LogP contribution >= 0.6 is 11.6 Å². The number of carbonyl (C=O) groups is 1. The molecule has 0 heterocycles. The van der Waals surface area contributed by atoms with E-state index in [4.69, 9.17) is 25.8 Å². The molecule has 0 aliphatic rings. The van der Waals surface area contributed by atoms with Gasteiger partial charge in [0, 0.05) is 38.8 Å². The third-order valence-corrected chi connectivity index (χ3v) is 4.95. The fourth-order valence-electron chi connectivity index (χ4n) is 2.03. The van der Waals surface area contributed by atoms with Crippen LogP contribution in [-0.4, -0.2) is 65.9 Å². The van der Waals surface area contributed by atoms with Crippen molar-refractivity contribution in [3.63, 3.8) is 0 Å². The van der Waals surface area contributed by atoms with E-state index in [1.165, 1.54) is 31.7 Å². The molecule has 0 bridgehead atoms. The summed E-state index contributed by atoms with van der Waals surface area (Å²) in [6.07, 6.45) is 1.07. The average Bonchev–Trinajstić information content (AvgIpc) is 2.54. The minimum Gasteiger partial charge on any atom is -0.495 e. The summed E-state index contributed by atoms with van der Waals surface area (Å²) in [5, 5.41) is 3.02. The quantitative estimate of drug-likeness (QED) is 0.647. The van der Waals surface area contributed by atoms with Crippen molar-refractivity contribution < 1.29 is 27.4 Å². The highest BCUT2D eigenvalue weighted by Crippen LogP contribution is 2.35. The SMILES string of the molecule is COCCN(CCC(=O)Nc1cc(OC)c(Cl)cc1OC)S(C)(=O)=O. The smallest absolute Gasteiger partial charge is 0.225 e. The predicted molar refractivity (Wildman–Crippen MR) is 96.1 cm³/mol. The number of hydrogen-bond donors (Lipinski definition) is 1. The summed E-state index contributed by atoms with van der Waals surface area (Å²) >= 11 is 6.02. The first kappa shape index (κ1) is 21.5. The molecule has 10 heteroatoms. The van der Waals surface area contributed by atoms with Gasteiger partial charge in [0.25, 0.3) is 0 Å². The Bertz CT molecular complexity index is 696. The van der Waals surface area contributed by atoms with Gasteiger partial charge in [-0.1, -0.05) is 11.6 Å². The lowest BCUT2D eigenvalue weighted by Gasteiger charge is -2.19. The van der Waals surface area contributed by atoms with Crippen LogP contribution in [0.1, 0.15) is 6.42 Å². The number of benzene rings is 1. The number of anilines is 1. The number of rotatable bonds is 10. The molecule has 25 heavy (non-hydrogen) atoms. The third-order valence-electron chi connectivity index (χ3n) is 3.35. The van der Waals surface area contributed by atoms with Crippen LogP contribution in [0.15, 0.2) is 12.1 Å². The third kappa shape index (κ3) is 6.69. The summed E-state index contributed by atoms with van der Waals surface area (Å²) < 4.78 is 39.8. The number of amides is 1. The van der Waals surface area contributed by atoms with E-state index in [1.54, 1.807) is 6.07 Å². The molecule has 8 nitrogen and oxygen atoms in total. The summed E-state index contributed by atoms with van der Waals surface area (Å²) in [4.78, 5) is 12.2. The highest BCUT2D eigenvalue weighted by Gasteiger charge is 2.18. The Morgan fingerprint density at radius 2 is 1.80 bits per heavy atom. The van der Waals surface area contributed by atoms with Crippen molar-refractivity contribution in [2.75, 3.05) is 52.6 Å². The van der Waals surface area contributed by atoms with Crippen LogP contribution in [0.2, 0.25) is 5.02 Å². The summed E-state index contributed by atoms with van der Waals surface area (Å²) in [7, 11) is 0.962. The first-order chi connectivity index (χ1) is 11.7. The van der Waals surface area contributed by atoms with Gasteiger partial charge in [0.15, 0.2) is 0 Å². The Labute approximate surface area is 153 Å². The number of nitrogens with one attached hydrogen (secondary N) is 1. The van der Waals surface area contributed by atoms with Crippen LogP contribution in [-0.2, 0) is 19.6 Å². The standard InChI is InChI=1S/C15H23ClN2O6S/c1-22-8-7-18(25(4,20)21)6-5-15(19)17-12-10-13(23-2)11(16)9-14(12)24-3/h9-10H,5-8H2,1-4H3,(H,17,19). The highest BCUT2D eigenvalue weighted by atomic mass is 35.5. The van der Waals surface area contributed by atoms with Crippen LogP contribution < -0.4 is 14.8 Å². The molecule has 0 fully saturated rings. The van der Waals surface area contributed by atoms with E-state index in [0.29, 0.717) is 22.2 Å². The van der Waals surface area contributed by atoms with Gasteiger partial charge in [-0.15, -0.1) is 0 Å². The lowest BCUT2D eigenvalue weighted by molar-refractivity contribution is -0.116. The van der Waals surface area contributed by atoms with Crippen LogP contribution in [0.25, 0.3) is 0 Å².